The van der Waals surface area contributed by atoms with Crippen molar-refractivity contribution in [2.45, 2.75) is 62.8 Å². The Morgan fingerprint density at radius 3 is 2.39 bits per heavy atom. The standard InChI is InChI=1S/C21H30N4O5S/c1-15-11-13-24(19(26)14-15)21(28)23-12-10-16-6-8-18(9-7-16)31(29,30)25(20(22)27)17-4-2-3-5-17/h6-9,15,17H,2-5,10-14H2,1H3,(H2,22,27)(H,23,28). The summed E-state index contributed by atoms with van der Waals surface area (Å²) >= 11 is 0. The van der Waals surface area contributed by atoms with Gasteiger partial charge in [-0.05, 0) is 49.3 Å². The first-order valence-corrected chi connectivity index (χ1v) is 12.1. The Morgan fingerprint density at radius 1 is 1.16 bits per heavy atom. The maximum atomic E-state index is 12.9. The number of imide groups is 1. The molecule has 1 saturated heterocycles. The number of likely N-dealkylation sites (tertiary alicyclic amines) is 1. The Balaban J connectivity index is 1.58. The fraction of sp³-hybridized carbons (Fsp3) is 0.571. The van der Waals surface area contributed by atoms with Crippen molar-refractivity contribution in [2.75, 3.05) is 13.1 Å². The van der Waals surface area contributed by atoms with Crippen molar-refractivity contribution >= 4 is 28.0 Å². The summed E-state index contributed by atoms with van der Waals surface area (Å²) in [6.07, 6.45) is 4.65. The van der Waals surface area contributed by atoms with E-state index in [0.717, 1.165) is 29.1 Å². The van der Waals surface area contributed by atoms with Crippen LogP contribution in [-0.2, 0) is 21.2 Å². The van der Waals surface area contributed by atoms with Gasteiger partial charge < -0.3 is 11.1 Å². The van der Waals surface area contributed by atoms with Crippen LogP contribution in [0.25, 0.3) is 0 Å². The van der Waals surface area contributed by atoms with E-state index in [9.17, 15) is 22.8 Å². The van der Waals surface area contributed by atoms with E-state index in [1.54, 1.807) is 12.1 Å². The van der Waals surface area contributed by atoms with Gasteiger partial charge in [-0.25, -0.2) is 22.3 Å². The summed E-state index contributed by atoms with van der Waals surface area (Å²) in [6.45, 7) is 2.74. The molecular weight excluding hydrogens is 420 g/mol. The van der Waals surface area contributed by atoms with Crippen molar-refractivity contribution < 1.29 is 22.8 Å². The third-order valence-corrected chi connectivity index (χ3v) is 7.82. The number of sulfonamides is 1. The molecule has 1 aromatic carbocycles. The molecule has 5 amide bonds. The van der Waals surface area contributed by atoms with Gasteiger partial charge in [0.1, 0.15) is 0 Å². The Bertz CT molecular complexity index is 926. The number of carbonyl (C=O) groups excluding carboxylic acids is 3. The molecule has 170 valence electrons. The third kappa shape index (κ3) is 5.36. The van der Waals surface area contributed by atoms with Crippen LogP contribution in [0, 0.1) is 5.92 Å². The molecule has 1 unspecified atom stereocenters. The first kappa shape index (κ1) is 23.1. The lowest BCUT2D eigenvalue weighted by Crippen LogP contribution is -2.48. The van der Waals surface area contributed by atoms with E-state index in [1.165, 1.54) is 17.0 Å². The normalized spacial score (nSPS) is 20.0. The zero-order chi connectivity index (χ0) is 22.6. The van der Waals surface area contributed by atoms with Crippen LogP contribution in [-0.4, -0.2) is 54.7 Å². The zero-order valence-electron chi connectivity index (χ0n) is 17.7. The maximum absolute atomic E-state index is 12.9. The molecule has 3 N–H and O–H groups in total. The summed E-state index contributed by atoms with van der Waals surface area (Å²) in [5.41, 5.74) is 6.21. The third-order valence-electron chi connectivity index (χ3n) is 5.96. The van der Waals surface area contributed by atoms with Gasteiger partial charge in [-0.1, -0.05) is 31.9 Å². The van der Waals surface area contributed by atoms with Gasteiger partial charge in [0.05, 0.1) is 10.9 Å². The summed E-state index contributed by atoms with van der Waals surface area (Å²) in [5, 5.41) is 2.74. The molecule has 0 aromatic heterocycles. The van der Waals surface area contributed by atoms with Crippen molar-refractivity contribution in [3.05, 3.63) is 29.8 Å². The van der Waals surface area contributed by atoms with Crippen molar-refractivity contribution in [3.8, 4) is 0 Å². The van der Waals surface area contributed by atoms with Gasteiger partial charge in [0, 0.05) is 19.5 Å². The molecule has 2 fully saturated rings. The van der Waals surface area contributed by atoms with E-state index in [1.807, 2.05) is 6.92 Å². The number of benzene rings is 1. The van der Waals surface area contributed by atoms with Crippen molar-refractivity contribution in [1.82, 2.24) is 14.5 Å². The van der Waals surface area contributed by atoms with Gasteiger partial charge in [0.15, 0.2) is 0 Å². The van der Waals surface area contributed by atoms with Gasteiger partial charge in [-0.2, -0.15) is 0 Å². The predicted molar refractivity (Wildman–Crippen MR) is 115 cm³/mol. The molecule has 3 rings (SSSR count). The minimum Gasteiger partial charge on any atom is -0.351 e. The monoisotopic (exact) mass is 450 g/mol. The molecule has 1 saturated carbocycles. The summed E-state index contributed by atoms with van der Waals surface area (Å²) in [6, 6.07) is 4.46. The molecular formula is C21H30N4O5S. The molecule has 0 radical (unpaired) electrons. The summed E-state index contributed by atoms with van der Waals surface area (Å²) in [5.74, 6) is 0.137. The number of nitrogens with zero attached hydrogens (tertiary/aromatic N) is 2. The number of nitrogens with one attached hydrogen (secondary N) is 1. The minimum absolute atomic E-state index is 0.0130. The number of hydrogen-bond acceptors (Lipinski definition) is 5. The molecule has 9 nitrogen and oxygen atoms in total. The Morgan fingerprint density at radius 2 is 1.81 bits per heavy atom. The molecule has 1 heterocycles. The van der Waals surface area contributed by atoms with E-state index >= 15 is 0 Å². The van der Waals surface area contributed by atoms with Gasteiger partial charge in [-0.15, -0.1) is 0 Å². The minimum atomic E-state index is -4.01. The molecule has 0 bridgehead atoms. The van der Waals surface area contributed by atoms with Crippen molar-refractivity contribution in [1.29, 1.82) is 0 Å². The number of carbonyl (C=O) groups is 3. The smallest absolute Gasteiger partial charge is 0.328 e. The SMILES string of the molecule is CC1CCN(C(=O)NCCc2ccc(S(=O)(=O)N(C(N)=O)C3CCCC3)cc2)C(=O)C1. The van der Waals surface area contributed by atoms with Gasteiger partial charge in [0.25, 0.3) is 10.0 Å². The first-order valence-electron chi connectivity index (χ1n) is 10.7. The van der Waals surface area contributed by atoms with Crippen LogP contribution in [0.2, 0.25) is 0 Å². The topological polar surface area (TPSA) is 130 Å². The number of urea groups is 2. The van der Waals surface area contributed by atoms with Gasteiger partial charge >= 0.3 is 12.1 Å². The van der Waals surface area contributed by atoms with Crippen molar-refractivity contribution in [2.24, 2.45) is 11.7 Å². The highest BCUT2D eigenvalue weighted by molar-refractivity contribution is 7.89. The lowest BCUT2D eigenvalue weighted by atomic mass is 9.99. The fourth-order valence-corrected chi connectivity index (χ4v) is 5.73. The molecule has 1 aromatic rings. The Kier molecular flexibility index (Phi) is 7.19. The lowest BCUT2D eigenvalue weighted by molar-refractivity contribution is -0.131. The first-order chi connectivity index (χ1) is 14.7. The van der Waals surface area contributed by atoms with Crippen LogP contribution in [0.15, 0.2) is 29.2 Å². The quantitative estimate of drug-likeness (QED) is 0.686. The van der Waals surface area contributed by atoms with Crippen LogP contribution in [0.1, 0.15) is 51.0 Å². The average Bonchev–Trinajstić information content (AvgIpc) is 3.21. The second-order valence-corrected chi connectivity index (χ2v) is 10.2. The second-order valence-electron chi connectivity index (χ2n) is 8.35. The second kappa shape index (κ2) is 9.67. The highest BCUT2D eigenvalue weighted by Gasteiger charge is 2.36. The summed E-state index contributed by atoms with van der Waals surface area (Å²) in [7, 11) is -4.01. The van der Waals surface area contributed by atoms with E-state index in [-0.39, 0.29) is 10.8 Å². The number of rotatable bonds is 6. The van der Waals surface area contributed by atoms with Gasteiger partial charge in [-0.3, -0.25) is 9.69 Å². The average molecular weight is 451 g/mol. The van der Waals surface area contributed by atoms with E-state index in [2.05, 4.69) is 5.32 Å². The van der Waals surface area contributed by atoms with E-state index in [0.29, 0.717) is 44.7 Å². The Hall–Kier alpha value is -2.62. The highest BCUT2D eigenvalue weighted by atomic mass is 32.2. The number of amides is 5. The fourth-order valence-electron chi connectivity index (χ4n) is 4.18. The van der Waals surface area contributed by atoms with Crippen LogP contribution in [0.4, 0.5) is 9.59 Å². The van der Waals surface area contributed by atoms with Crippen molar-refractivity contribution in [3.63, 3.8) is 0 Å². The van der Waals surface area contributed by atoms with E-state index in [4.69, 9.17) is 5.73 Å². The van der Waals surface area contributed by atoms with Gasteiger partial charge in [0.2, 0.25) is 5.91 Å². The summed E-state index contributed by atoms with van der Waals surface area (Å²) < 4.78 is 26.7. The number of hydrogen-bond donors (Lipinski definition) is 2. The lowest BCUT2D eigenvalue weighted by Gasteiger charge is -2.28. The highest BCUT2D eigenvalue weighted by Crippen LogP contribution is 2.28. The summed E-state index contributed by atoms with van der Waals surface area (Å²) in [4.78, 5) is 37.3. The molecule has 1 atom stereocenters. The molecule has 31 heavy (non-hydrogen) atoms. The van der Waals surface area contributed by atoms with E-state index < -0.39 is 28.1 Å². The van der Waals surface area contributed by atoms with Crippen LogP contribution < -0.4 is 11.1 Å². The maximum Gasteiger partial charge on any atom is 0.328 e. The Labute approximate surface area is 183 Å². The predicted octanol–water partition coefficient (Wildman–Crippen LogP) is 2.21. The van der Waals surface area contributed by atoms with Crippen LogP contribution in [0.3, 0.4) is 0 Å². The molecule has 1 aliphatic heterocycles. The van der Waals surface area contributed by atoms with Crippen LogP contribution >= 0.6 is 0 Å². The molecule has 1 aliphatic carbocycles. The number of primary amides is 1. The number of piperidine rings is 1. The molecule has 2 aliphatic rings. The molecule has 10 heteroatoms. The zero-order valence-corrected chi connectivity index (χ0v) is 18.6. The molecule has 0 spiro atoms. The van der Waals surface area contributed by atoms with Crippen LogP contribution in [0.5, 0.6) is 0 Å². The largest absolute Gasteiger partial charge is 0.351 e. The number of nitrogens with two attached hydrogens (primary N) is 1.